The number of carbonyl (C=O) groups excluding carboxylic acids is 2. The maximum atomic E-state index is 12.0. The zero-order valence-electron chi connectivity index (χ0n) is 10.6. The number of hydrogen-bond acceptors (Lipinski definition) is 3. The van der Waals surface area contributed by atoms with Gasteiger partial charge in [0.05, 0.1) is 12.5 Å². The normalized spacial score (nSPS) is 20.7. The molecule has 2 atom stereocenters. The molecule has 2 amide bonds. The Balaban J connectivity index is 2.36. The topological polar surface area (TPSA) is 74.7 Å². The highest BCUT2D eigenvalue weighted by atomic mass is 16.4. The van der Waals surface area contributed by atoms with Crippen LogP contribution in [0.15, 0.2) is 30.3 Å². The van der Waals surface area contributed by atoms with Gasteiger partial charge in [-0.2, -0.15) is 0 Å². The molecule has 0 aromatic heterocycles. The van der Waals surface area contributed by atoms with Gasteiger partial charge in [0, 0.05) is 12.3 Å². The molecule has 1 aromatic carbocycles. The van der Waals surface area contributed by atoms with Crippen molar-refractivity contribution in [1.82, 2.24) is 4.90 Å². The number of carboxylic acid groups (broad SMARTS) is 1. The van der Waals surface area contributed by atoms with E-state index in [0.717, 1.165) is 4.90 Å². The molecule has 100 valence electrons. The van der Waals surface area contributed by atoms with Gasteiger partial charge in [-0.25, -0.2) is 0 Å². The lowest BCUT2D eigenvalue weighted by molar-refractivity contribution is -0.145. The summed E-state index contributed by atoms with van der Waals surface area (Å²) in [6.07, 6.45) is -0.115. The molecular weight excluding hydrogens is 246 g/mol. The highest BCUT2D eigenvalue weighted by Crippen LogP contribution is 2.31. The Labute approximate surface area is 110 Å². The van der Waals surface area contributed by atoms with Gasteiger partial charge in [-0.3, -0.25) is 19.3 Å². The Hall–Kier alpha value is -2.17. The molecule has 0 saturated carbocycles. The Morgan fingerprint density at radius 3 is 2.47 bits per heavy atom. The zero-order valence-corrected chi connectivity index (χ0v) is 10.6. The largest absolute Gasteiger partial charge is 0.481 e. The lowest BCUT2D eigenvalue weighted by atomic mass is 10.0. The SMILES string of the molecule is CC1CC(=O)N(C(CC(=O)O)c2ccccc2)C1=O. The molecule has 0 radical (unpaired) electrons. The van der Waals surface area contributed by atoms with Crippen molar-refractivity contribution in [3.8, 4) is 0 Å². The second-order valence-corrected chi connectivity index (χ2v) is 4.73. The highest BCUT2D eigenvalue weighted by molar-refractivity contribution is 6.04. The van der Waals surface area contributed by atoms with Crippen LogP contribution in [0.4, 0.5) is 0 Å². The zero-order chi connectivity index (χ0) is 14.0. The van der Waals surface area contributed by atoms with Crippen LogP contribution in [0.25, 0.3) is 0 Å². The van der Waals surface area contributed by atoms with Crippen molar-refractivity contribution in [3.63, 3.8) is 0 Å². The van der Waals surface area contributed by atoms with Gasteiger partial charge in [-0.1, -0.05) is 37.3 Å². The molecule has 0 aliphatic carbocycles. The fraction of sp³-hybridized carbons (Fsp3) is 0.357. The van der Waals surface area contributed by atoms with Crippen molar-refractivity contribution in [2.75, 3.05) is 0 Å². The van der Waals surface area contributed by atoms with Crippen molar-refractivity contribution in [1.29, 1.82) is 0 Å². The van der Waals surface area contributed by atoms with Crippen LogP contribution in [0.5, 0.6) is 0 Å². The lowest BCUT2D eigenvalue weighted by Crippen LogP contribution is -2.35. The van der Waals surface area contributed by atoms with E-state index in [2.05, 4.69) is 0 Å². The molecule has 0 spiro atoms. The quantitative estimate of drug-likeness (QED) is 0.835. The number of aliphatic carboxylic acids is 1. The van der Waals surface area contributed by atoms with E-state index in [-0.39, 0.29) is 30.6 Å². The second-order valence-electron chi connectivity index (χ2n) is 4.73. The maximum Gasteiger partial charge on any atom is 0.305 e. The number of likely N-dealkylation sites (tertiary alicyclic amines) is 1. The van der Waals surface area contributed by atoms with Gasteiger partial charge in [-0.15, -0.1) is 0 Å². The standard InChI is InChI=1S/C14H15NO4/c1-9-7-12(16)15(14(9)19)11(8-13(17)18)10-5-3-2-4-6-10/h2-6,9,11H,7-8H2,1H3,(H,17,18). The third-order valence-electron chi connectivity index (χ3n) is 3.27. The molecule has 1 fully saturated rings. The van der Waals surface area contributed by atoms with Crippen molar-refractivity contribution in [2.24, 2.45) is 5.92 Å². The molecule has 1 aliphatic heterocycles. The first kappa shape index (κ1) is 13.3. The van der Waals surface area contributed by atoms with E-state index in [1.54, 1.807) is 37.3 Å². The van der Waals surface area contributed by atoms with Crippen LogP contribution >= 0.6 is 0 Å². The number of nitrogens with zero attached hydrogens (tertiary/aromatic N) is 1. The highest BCUT2D eigenvalue weighted by Gasteiger charge is 2.41. The molecule has 1 aliphatic rings. The predicted molar refractivity (Wildman–Crippen MR) is 67.1 cm³/mol. The molecule has 1 heterocycles. The van der Waals surface area contributed by atoms with Gasteiger partial charge in [0.15, 0.2) is 0 Å². The Morgan fingerprint density at radius 1 is 1.37 bits per heavy atom. The van der Waals surface area contributed by atoms with Gasteiger partial charge in [-0.05, 0) is 5.56 Å². The van der Waals surface area contributed by atoms with Crippen LogP contribution < -0.4 is 0 Å². The lowest BCUT2D eigenvalue weighted by Gasteiger charge is -2.25. The summed E-state index contributed by atoms with van der Waals surface area (Å²) in [6.45, 7) is 1.68. The number of rotatable bonds is 4. The van der Waals surface area contributed by atoms with Crippen LogP contribution in [-0.4, -0.2) is 27.8 Å². The molecule has 5 heteroatoms. The van der Waals surface area contributed by atoms with Crippen molar-refractivity contribution in [2.45, 2.75) is 25.8 Å². The van der Waals surface area contributed by atoms with Gasteiger partial charge in [0.2, 0.25) is 11.8 Å². The number of carbonyl (C=O) groups is 3. The first-order chi connectivity index (χ1) is 9.00. The maximum absolute atomic E-state index is 12.0. The first-order valence-electron chi connectivity index (χ1n) is 6.13. The van der Waals surface area contributed by atoms with Gasteiger partial charge >= 0.3 is 5.97 Å². The minimum absolute atomic E-state index is 0.155. The molecule has 2 rings (SSSR count). The average Bonchev–Trinajstić information content (AvgIpc) is 2.62. The van der Waals surface area contributed by atoms with Crippen LogP contribution in [0.2, 0.25) is 0 Å². The smallest absolute Gasteiger partial charge is 0.305 e. The van der Waals surface area contributed by atoms with E-state index < -0.39 is 12.0 Å². The van der Waals surface area contributed by atoms with Crippen molar-refractivity contribution >= 4 is 17.8 Å². The Kier molecular flexibility index (Phi) is 3.64. The number of amides is 2. The van der Waals surface area contributed by atoms with Crippen molar-refractivity contribution in [3.05, 3.63) is 35.9 Å². The molecule has 19 heavy (non-hydrogen) atoms. The predicted octanol–water partition coefficient (Wildman–Crippen LogP) is 1.60. The Bertz CT molecular complexity index is 511. The number of benzene rings is 1. The Morgan fingerprint density at radius 2 is 2.00 bits per heavy atom. The summed E-state index contributed by atoms with van der Waals surface area (Å²) in [5, 5.41) is 8.99. The third-order valence-corrected chi connectivity index (χ3v) is 3.27. The summed E-state index contributed by atoms with van der Waals surface area (Å²) in [5.41, 5.74) is 0.667. The van der Waals surface area contributed by atoms with E-state index in [1.165, 1.54) is 0 Å². The summed E-state index contributed by atoms with van der Waals surface area (Å²) >= 11 is 0. The number of carboxylic acids is 1. The summed E-state index contributed by atoms with van der Waals surface area (Å²) in [7, 11) is 0. The first-order valence-corrected chi connectivity index (χ1v) is 6.13. The van der Waals surface area contributed by atoms with Gasteiger partial charge < -0.3 is 5.11 Å². The van der Waals surface area contributed by atoms with E-state index in [1.807, 2.05) is 0 Å². The molecule has 0 bridgehead atoms. The van der Waals surface area contributed by atoms with Crippen LogP contribution in [0.3, 0.4) is 0 Å². The molecule has 1 saturated heterocycles. The van der Waals surface area contributed by atoms with E-state index in [0.29, 0.717) is 5.56 Å². The van der Waals surface area contributed by atoms with Gasteiger partial charge in [0.1, 0.15) is 0 Å². The summed E-state index contributed by atoms with van der Waals surface area (Å²) in [6, 6.07) is 8.08. The summed E-state index contributed by atoms with van der Waals surface area (Å²) in [5.74, 6) is -1.99. The monoisotopic (exact) mass is 261 g/mol. The summed E-state index contributed by atoms with van der Waals surface area (Å²) in [4.78, 5) is 36.0. The van der Waals surface area contributed by atoms with Crippen LogP contribution in [-0.2, 0) is 14.4 Å². The number of hydrogen-bond donors (Lipinski definition) is 1. The van der Waals surface area contributed by atoms with E-state index >= 15 is 0 Å². The second kappa shape index (κ2) is 5.22. The molecule has 1 N–H and O–H groups in total. The third kappa shape index (κ3) is 2.65. The average molecular weight is 261 g/mol. The van der Waals surface area contributed by atoms with E-state index in [9.17, 15) is 14.4 Å². The molecule has 5 nitrogen and oxygen atoms in total. The fourth-order valence-electron chi connectivity index (χ4n) is 2.33. The molecular formula is C14H15NO4. The van der Waals surface area contributed by atoms with Crippen LogP contribution in [0, 0.1) is 5.92 Å². The minimum atomic E-state index is -1.03. The summed E-state index contributed by atoms with van der Waals surface area (Å²) < 4.78 is 0. The molecule has 2 unspecified atom stereocenters. The number of imide groups is 1. The van der Waals surface area contributed by atoms with E-state index in [4.69, 9.17) is 5.11 Å². The van der Waals surface area contributed by atoms with Gasteiger partial charge in [0.25, 0.3) is 0 Å². The minimum Gasteiger partial charge on any atom is -0.481 e. The fourth-order valence-corrected chi connectivity index (χ4v) is 2.33. The van der Waals surface area contributed by atoms with Crippen LogP contribution in [0.1, 0.15) is 31.4 Å². The van der Waals surface area contributed by atoms with Crippen molar-refractivity contribution < 1.29 is 19.5 Å². The molecule has 1 aromatic rings.